The fourth-order valence-corrected chi connectivity index (χ4v) is 1.62. The van der Waals surface area contributed by atoms with Crippen LogP contribution < -0.4 is 15.4 Å². The van der Waals surface area contributed by atoms with Gasteiger partial charge in [0, 0.05) is 19.2 Å². The van der Waals surface area contributed by atoms with Crippen molar-refractivity contribution >= 4 is 5.91 Å². The van der Waals surface area contributed by atoms with Gasteiger partial charge in [-0.15, -0.1) is 0 Å². The van der Waals surface area contributed by atoms with Crippen LogP contribution >= 0.6 is 0 Å². The SMILES string of the molecule is CNC(=O)C(C)NCc1cc(C)ccc1OC. The third-order valence-electron chi connectivity index (χ3n) is 2.67. The maximum Gasteiger partial charge on any atom is 0.236 e. The minimum atomic E-state index is -0.217. The van der Waals surface area contributed by atoms with E-state index in [1.165, 1.54) is 5.56 Å². The number of aryl methyl sites for hydroxylation is 1. The van der Waals surface area contributed by atoms with E-state index in [1.54, 1.807) is 14.2 Å². The Morgan fingerprint density at radius 2 is 2.18 bits per heavy atom. The summed E-state index contributed by atoms with van der Waals surface area (Å²) in [6, 6.07) is 5.79. The molecule has 0 aliphatic heterocycles. The minimum Gasteiger partial charge on any atom is -0.496 e. The molecule has 1 aromatic carbocycles. The normalized spacial score (nSPS) is 12.0. The van der Waals surface area contributed by atoms with Crippen LogP contribution in [0.15, 0.2) is 18.2 Å². The van der Waals surface area contributed by atoms with E-state index in [-0.39, 0.29) is 11.9 Å². The van der Waals surface area contributed by atoms with E-state index in [4.69, 9.17) is 4.74 Å². The van der Waals surface area contributed by atoms with Crippen LogP contribution in [0.2, 0.25) is 0 Å². The highest BCUT2D eigenvalue weighted by Gasteiger charge is 2.11. The van der Waals surface area contributed by atoms with Gasteiger partial charge < -0.3 is 15.4 Å². The predicted octanol–water partition coefficient (Wildman–Crippen LogP) is 1.23. The Kier molecular flexibility index (Phi) is 4.97. The van der Waals surface area contributed by atoms with E-state index >= 15 is 0 Å². The van der Waals surface area contributed by atoms with Crippen molar-refractivity contribution in [1.29, 1.82) is 0 Å². The molecular formula is C13H20N2O2. The number of hydrogen-bond donors (Lipinski definition) is 2. The lowest BCUT2D eigenvalue weighted by molar-refractivity contribution is -0.122. The van der Waals surface area contributed by atoms with E-state index in [0.717, 1.165) is 11.3 Å². The Labute approximate surface area is 102 Å². The number of benzene rings is 1. The minimum absolute atomic E-state index is 0.0170. The molecule has 1 unspecified atom stereocenters. The van der Waals surface area contributed by atoms with Crippen molar-refractivity contribution in [3.05, 3.63) is 29.3 Å². The first kappa shape index (κ1) is 13.5. The van der Waals surface area contributed by atoms with Gasteiger partial charge >= 0.3 is 0 Å². The highest BCUT2D eigenvalue weighted by Crippen LogP contribution is 2.19. The molecule has 2 N–H and O–H groups in total. The summed E-state index contributed by atoms with van der Waals surface area (Å²) in [7, 11) is 3.28. The maximum absolute atomic E-state index is 11.3. The molecule has 0 saturated carbocycles. The zero-order valence-corrected chi connectivity index (χ0v) is 10.8. The van der Waals surface area contributed by atoms with Crippen molar-refractivity contribution in [3.8, 4) is 5.75 Å². The number of amides is 1. The Hall–Kier alpha value is -1.55. The van der Waals surface area contributed by atoms with Crippen LogP contribution in [-0.4, -0.2) is 26.1 Å². The van der Waals surface area contributed by atoms with Gasteiger partial charge in [0.2, 0.25) is 5.91 Å². The number of ether oxygens (including phenoxy) is 1. The van der Waals surface area contributed by atoms with Gasteiger partial charge in [-0.05, 0) is 19.9 Å². The zero-order valence-electron chi connectivity index (χ0n) is 10.8. The largest absolute Gasteiger partial charge is 0.496 e. The molecule has 0 aromatic heterocycles. The highest BCUT2D eigenvalue weighted by atomic mass is 16.5. The molecule has 1 aromatic rings. The van der Waals surface area contributed by atoms with Crippen molar-refractivity contribution < 1.29 is 9.53 Å². The molecule has 1 atom stereocenters. The summed E-state index contributed by atoms with van der Waals surface area (Å²) < 4.78 is 5.28. The lowest BCUT2D eigenvalue weighted by Gasteiger charge is -2.14. The van der Waals surface area contributed by atoms with E-state index in [2.05, 4.69) is 16.7 Å². The first-order valence-electron chi connectivity index (χ1n) is 5.67. The molecule has 94 valence electrons. The van der Waals surface area contributed by atoms with Gasteiger partial charge in [0.15, 0.2) is 0 Å². The number of carbonyl (C=O) groups excluding carboxylic acids is 1. The van der Waals surface area contributed by atoms with Crippen LogP contribution in [0.1, 0.15) is 18.1 Å². The first-order chi connectivity index (χ1) is 8.08. The standard InChI is InChI=1S/C13H20N2O2/c1-9-5-6-12(17-4)11(7-9)8-15-10(2)13(16)14-3/h5-7,10,15H,8H2,1-4H3,(H,14,16). The second kappa shape index (κ2) is 6.25. The monoisotopic (exact) mass is 236 g/mol. The zero-order chi connectivity index (χ0) is 12.8. The van der Waals surface area contributed by atoms with Gasteiger partial charge in [0.25, 0.3) is 0 Å². The van der Waals surface area contributed by atoms with Crippen molar-refractivity contribution in [2.24, 2.45) is 0 Å². The fraction of sp³-hybridized carbons (Fsp3) is 0.462. The van der Waals surface area contributed by atoms with Gasteiger partial charge in [-0.3, -0.25) is 4.79 Å². The van der Waals surface area contributed by atoms with Crippen molar-refractivity contribution in [2.75, 3.05) is 14.2 Å². The van der Waals surface area contributed by atoms with Crippen LogP contribution in [0.25, 0.3) is 0 Å². The summed E-state index contributed by atoms with van der Waals surface area (Å²) in [6.45, 7) is 4.48. The molecule has 17 heavy (non-hydrogen) atoms. The lowest BCUT2D eigenvalue weighted by atomic mass is 10.1. The third-order valence-corrected chi connectivity index (χ3v) is 2.67. The van der Waals surface area contributed by atoms with Crippen molar-refractivity contribution in [1.82, 2.24) is 10.6 Å². The second-order valence-electron chi connectivity index (χ2n) is 4.03. The van der Waals surface area contributed by atoms with E-state index in [1.807, 2.05) is 26.0 Å². The van der Waals surface area contributed by atoms with Crippen LogP contribution in [0, 0.1) is 6.92 Å². The number of nitrogens with one attached hydrogen (secondary N) is 2. The molecule has 4 nitrogen and oxygen atoms in total. The average molecular weight is 236 g/mol. The maximum atomic E-state index is 11.3. The molecule has 0 bridgehead atoms. The Balaban J connectivity index is 2.68. The number of methoxy groups -OCH3 is 1. The van der Waals surface area contributed by atoms with Crippen molar-refractivity contribution in [2.45, 2.75) is 26.4 Å². The summed E-state index contributed by atoms with van der Waals surface area (Å²) in [5.41, 5.74) is 2.23. The smallest absolute Gasteiger partial charge is 0.236 e. The molecule has 0 spiro atoms. The lowest BCUT2D eigenvalue weighted by Crippen LogP contribution is -2.40. The molecule has 4 heteroatoms. The fourth-order valence-electron chi connectivity index (χ4n) is 1.62. The van der Waals surface area contributed by atoms with E-state index in [9.17, 15) is 4.79 Å². The Morgan fingerprint density at radius 3 is 2.76 bits per heavy atom. The number of carbonyl (C=O) groups is 1. The van der Waals surface area contributed by atoms with Crippen molar-refractivity contribution in [3.63, 3.8) is 0 Å². The second-order valence-corrected chi connectivity index (χ2v) is 4.03. The molecule has 0 aliphatic rings. The molecule has 1 amide bonds. The van der Waals surface area contributed by atoms with Gasteiger partial charge in [0.1, 0.15) is 5.75 Å². The summed E-state index contributed by atoms with van der Waals surface area (Å²) >= 11 is 0. The summed E-state index contributed by atoms with van der Waals surface area (Å²) in [6.07, 6.45) is 0. The number of likely N-dealkylation sites (N-methyl/N-ethyl adjacent to an activating group) is 1. The van der Waals surface area contributed by atoms with Gasteiger partial charge in [-0.2, -0.15) is 0 Å². The van der Waals surface area contributed by atoms with Crippen LogP contribution in [0.3, 0.4) is 0 Å². The highest BCUT2D eigenvalue weighted by molar-refractivity contribution is 5.80. The number of rotatable bonds is 5. The molecule has 0 aliphatic carbocycles. The van der Waals surface area contributed by atoms with Crippen LogP contribution in [0.4, 0.5) is 0 Å². The average Bonchev–Trinajstić information content (AvgIpc) is 2.35. The first-order valence-corrected chi connectivity index (χ1v) is 5.67. The van der Waals surface area contributed by atoms with Gasteiger partial charge in [0.05, 0.1) is 13.2 Å². The van der Waals surface area contributed by atoms with Crippen LogP contribution in [-0.2, 0) is 11.3 Å². The molecule has 0 heterocycles. The van der Waals surface area contributed by atoms with Gasteiger partial charge in [-0.25, -0.2) is 0 Å². The Morgan fingerprint density at radius 1 is 1.47 bits per heavy atom. The predicted molar refractivity (Wildman–Crippen MR) is 68.1 cm³/mol. The summed E-state index contributed by atoms with van der Waals surface area (Å²) in [5.74, 6) is 0.823. The number of hydrogen-bond acceptors (Lipinski definition) is 3. The summed E-state index contributed by atoms with van der Waals surface area (Å²) in [5, 5.41) is 5.77. The molecule has 1 rings (SSSR count). The quantitative estimate of drug-likeness (QED) is 0.808. The summed E-state index contributed by atoms with van der Waals surface area (Å²) in [4.78, 5) is 11.3. The van der Waals surface area contributed by atoms with E-state index < -0.39 is 0 Å². The molecule has 0 saturated heterocycles. The molecular weight excluding hydrogens is 216 g/mol. The van der Waals surface area contributed by atoms with E-state index in [0.29, 0.717) is 6.54 Å². The third kappa shape index (κ3) is 3.75. The Bertz CT molecular complexity index is 391. The topological polar surface area (TPSA) is 50.4 Å². The molecule has 0 fully saturated rings. The van der Waals surface area contributed by atoms with Gasteiger partial charge in [-0.1, -0.05) is 17.7 Å². The van der Waals surface area contributed by atoms with Crippen LogP contribution in [0.5, 0.6) is 5.75 Å². The molecule has 0 radical (unpaired) electrons.